The number of hydrogen-bond donors (Lipinski definition) is 2. The summed E-state index contributed by atoms with van der Waals surface area (Å²) < 4.78 is 0. The Morgan fingerprint density at radius 2 is 1.80 bits per heavy atom. The molecule has 0 heterocycles. The second kappa shape index (κ2) is 6.64. The molecule has 0 radical (unpaired) electrons. The van der Waals surface area contributed by atoms with Crippen LogP contribution in [0, 0.1) is 6.92 Å². The van der Waals surface area contributed by atoms with E-state index in [-0.39, 0.29) is 12.5 Å². The summed E-state index contributed by atoms with van der Waals surface area (Å²) in [4.78, 5) is 11.8. The molecule has 0 atom stereocenters. The Hall–Kier alpha value is -1.71. The summed E-state index contributed by atoms with van der Waals surface area (Å²) in [5, 5.41) is 6.82. The fourth-order valence-corrected chi connectivity index (χ4v) is 2.13. The van der Waals surface area contributed by atoms with E-state index in [2.05, 4.69) is 10.6 Å². The lowest BCUT2D eigenvalue weighted by Gasteiger charge is -2.09. The molecule has 0 aliphatic rings. The molecular weight excluding hydrogens is 295 g/mol. The lowest BCUT2D eigenvalue weighted by Crippen LogP contribution is -2.21. The summed E-state index contributed by atoms with van der Waals surface area (Å²) in [5.74, 6) is -0.139. The Kier molecular flexibility index (Phi) is 4.88. The molecule has 0 saturated heterocycles. The standard InChI is InChI=1S/C15H14Cl2N2O/c1-10-2-5-12(6-3-10)19-15(20)9-18-14-7-4-11(16)8-13(14)17/h2-8,18H,9H2,1H3,(H,19,20). The van der Waals surface area contributed by atoms with Crippen LogP contribution < -0.4 is 10.6 Å². The van der Waals surface area contributed by atoms with Crippen molar-refractivity contribution >= 4 is 40.5 Å². The van der Waals surface area contributed by atoms with Crippen LogP contribution in [0.1, 0.15) is 5.56 Å². The fraction of sp³-hybridized carbons (Fsp3) is 0.133. The molecule has 0 saturated carbocycles. The molecule has 0 aromatic heterocycles. The van der Waals surface area contributed by atoms with Crippen LogP contribution in [0.25, 0.3) is 0 Å². The predicted molar refractivity (Wildman–Crippen MR) is 84.8 cm³/mol. The van der Waals surface area contributed by atoms with Crippen molar-refractivity contribution in [2.24, 2.45) is 0 Å². The van der Waals surface area contributed by atoms with Crippen LogP contribution in [0.5, 0.6) is 0 Å². The molecule has 3 nitrogen and oxygen atoms in total. The van der Waals surface area contributed by atoms with E-state index >= 15 is 0 Å². The summed E-state index contributed by atoms with van der Waals surface area (Å²) in [6, 6.07) is 12.7. The van der Waals surface area contributed by atoms with E-state index in [1.807, 2.05) is 31.2 Å². The SMILES string of the molecule is Cc1ccc(NC(=O)CNc2ccc(Cl)cc2Cl)cc1. The van der Waals surface area contributed by atoms with Gasteiger partial charge in [-0.3, -0.25) is 4.79 Å². The van der Waals surface area contributed by atoms with Gasteiger partial charge in [0.1, 0.15) is 0 Å². The molecule has 2 aromatic rings. The maximum atomic E-state index is 11.8. The summed E-state index contributed by atoms with van der Waals surface area (Å²) >= 11 is 11.8. The van der Waals surface area contributed by atoms with E-state index in [1.165, 1.54) is 0 Å². The lowest BCUT2D eigenvalue weighted by atomic mass is 10.2. The molecule has 2 aromatic carbocycles. The van der Waals surface area contributed by atoms with Crippen molar-refractivity contribution < 1.29 is 4.79 Å². The van der Waals surface area contributed by atoms with E-state index < -0.39 is 0 Å². The van der Waals surface area contributed by atoms with Gasteiger partial charge in [0.05, 0.1) is 17.3 Å². The summed E-state index contributed by atoms with van der Waals surface area (Å²) in [7, 11) is 0. The largest absolute Gasteiger partial charge is 0.375 e. The van der Waals surface area contributed by atoms with Crippen molar-refractivity contribution in [3.05, 3.63) is 58.1 Å². The predicted octanol–water partition coefficient (Wildman–Crippen LogP) is 4.35. The van der Waals surface area contributed by atoms with Crippen LogP contribution in [0.3, 0.4) is 0 Å². The number of carbonyl (C=O) groups is 1. The average Bonchev–Trinajstić information content (AvgIpc) is 2.40. The van der Waals surface area contributed by atoms with Gasteiger partial charge in [-0.25, -0.2) is 0 Å². The summed E-state index contributed by atoms with van der Waals surface area (Å²) in [6.07, 6.45) is 0. The van der Waals surface area contributed by atoms with E-state index in [9.17, 15) is 4.79 Å². The van der Waals surface area contributed by atoms with E-state index in [1.54, 1.807) is 18.2 Å². The lowest BCUT2D eigenvalue weighted by molar-refractivity contribution is -0.114. The molecule has 0 aliphatic heterocycles. The molecule has 104 valence electrons. The molecule has 1 amide bonds. The van der Waals surface area contributed by atoms with Crippen molar-refractivity contribution in [3.63, 3.8) is 0 Å². The van der Waals surface area contributed by atoms with Crippen molar-refractivity contribution in [1.82, 2.24) is 0 Å². The number of nitrogens with one attached hydrogen (secondary N) is 2. The zero-order chi connectivity index (χ0) is 14.5. The number of hydrogen-bond acceptors (Lipinski definition) is 2. The summed E-state index contributed by atoms with van der Waals surface area (Å²) in [6.45, 7) is 2.13. The maximum Gasteiger partial charge on any atom is 0.243 e. The van der Waals surface area contributed by atoms with Crippen LogP contribution in [0.15, 0.2) is 42.5 Å². The fourth-order valence-electron chi connectivity index (χ4n) is 1.65. The van der Waals surface area contributed by atoms with Gasteiger partial charge in [-0.15, -0.1) is 0 Å². The van der Waals surface area contributed by atoms with E-state index in [0.717, 1.165) is 11.3 Å². The highest BCUT2D eigenvalue weighted by atomic mass is 35.5. The number of anilines is 2. The normalized spacial score (nSPS) is 10.2. The van der Waals surface area contributed by atoms with Gasteiger partial charge in [-0.2, -0.15) is 0 Å². The minimum Gasteiger partial charge on any atom is -0.375 e. The third kappa shape index (κ3) is 4.15. The minimum atomic E-state index is -0.139. The Labute approximate surface area is 127 Å². The Morgan fingerprint density at radius 3 is 2.45 bits per heavy atom. The Bertz CT molecular complexity index is 612. The number of rotatable bonds is 4. The Morgan fingerprint density at radius 1 is 1.10 bits per heavy atom. The number of benzene rings is 2. The molecular formula is C15H14Cl2N2O. The number of amides is 1. The second-order valence-electron chi connectivity index (χ2n) is 4.39. The quantitative estimate of drug-likeness (QED) is 0.881. The van der Waals surface area contributed by atoms with Crippen molar-refractivity contribution in [1.29, 1.82) is 0 Å². The third-order valence-electron chi connectivity index (χ3n) is 2.71. The van der Waals surface area contributed by atoms with Crippen LogP contribution in [-0.2, 0) is 4.79 Å². The Balaban J connectivity index is 1.90. The third-order valence-corrected chi connectivity index (χ3v) is 3.25. The van der Waals surface area contributed by atoms with Gasteiger partial charge in [-0.1, -0.05) is 40.9 Å². The molecule has 2 rings (SSSR count). The molecule has 2 N–H and O–H groups in total. The van der Waals surface area contributed by atoms with Crippen LogP contribution in [0.2, 0.25) is 10.0 Å². The highest BCUT2D eigenvalue weighted by molar-refractivity contribution is 6.36. The molecule has 0 aliphatic carbocycles. The van der Waals surface area contributed by atoms with Crippen LogP contribution in [-0.4, -0.2) is 12.5 Å². The second-order valence-corrected chi connectivity index (χ2v) is 5.24. The van der Waals surface area contributed by atoms with Gasteiger partial charge in [-0.05, 0) is 37.3 Å². The highest BCUT2D eigenvalue weighted by Gasteiger charge is 2.05. The first-order valence-electron chi connectivity index (χ1n) is 6.10. The smallest absolute Gasteiger partial charge is 0.243 e. The zero-order valence-electron chi connectivity index (χ0n) is 10.9. The molecule has 5 heteroatoms. The van der Waals surface area contributed by atoms with Crippen molar-refractivity contribution in [2.45, 2.75) is 6.92 Å². The molecule has 0 spiro atoms. The van der Waals surface area contributed by atoms with Gasteiger partial charge in [0.25, 0.3) is 0 Å². The molecule has 0 unspecified atom stereocenters. The topological polar surface area (TPSA) is 41.1 Å². The number of halogens is 2. The van der Waals surface area contributed by atoms with Gasteiger partial charge in [0.2, 0.25) is 5.91 Å². The first-order valence-corrected chi connectivity index (χ1v) is 6.85. The van der Waals surface area contributed by atoms with Crippen LogP contribution in [0.4, 0.5) is 11.4 Å². The monoisotopic (exact) mass is 308 g/mol. The number of carbonyl (C=O) groups excluding carboxylic acids is 1. The summed E-state index contributed by atoms with van der Waals surface area (Å²) in [5.41, 5.74) is 2.59. The van der Waals surface area contributed by atoms with E-state index in [0.29, 0.717) is 15.7 Å². The molecule has 0 bridgehead atoms. The first-order chi connectivity index (χ1) is 9.54. The van der Waals surface area contributed by atoms with Gasteiger partial charge < -0.3 is 10.6 Å². The van der Waals surface area contributed by atoms with Crippen molar-refractivity contribution in [3.8, 4) is 0 Å². The maximum absolute atomic E-state index is 11.8. The van der Waals surface area contributed by atoms with Gasteiger partial charge in [0.15, 0.2) is 0 Å². The van der Waals surface area contributed by atoms with Gasteiger partial charge in [0, 0.05) is 10.7 Å². The van der Waals surface area contributed by atoms with E-state index in [4.69, 9.17) is 23.2 Å². The van der Waals surface area contributed by atoms with Crippen LogP contribution >= 0.6 is 23.2 Å². The van der Waals surface area contributed by atoms with Gasteiger partial charge >= 0.3 is 0 Å². The minimum absolute atomic E-state index is 0.134. The first kappa shape index (κ1) is 14.7. The zero-order valence-corrected chi connectivity index (χ0v) is 12.4. The highest BCUT2D eigenvalue weighted by Crippen LogP contribution is 2.25. The molecule has 20 heavy (non-hydrogen) atoms. The van der Waals surface area contributed by atoms with Crippen molar-refractivity contribution in [2.75, 3.05) is 17.2 Å². The number of aryl methyl sites for hydroxylation is 1. The molecule has 0 fully saturated rings. The average molecular weight is 309 g/mol.